The van der Waals surface area contributed by atoms with Crippen molar-refractivity contribution in [2.75, 3.05) is 11.9 Å². The molecule has 0 fully saturated rings. The number of hydrogen-bond acceptors (Lipinski definition) is 5. The summed E-state index contributed by atoms with van der Waals surface area (Å²) in [5.74, 6) is -3.27. The number of carboxylic acid groups (broad SMARTS) is 1. The topological polar surface area (TPSA) is 152 Å². The Morgan fingerprint density at radius 2 is 1.69 bits per heavy atom. The van der Waals surface area contributed by atoms with Crippen molar-refractivity contribution in [1.82, 2.24) is 5.32 Å². The van der Waals surface area contributed by atoms with E-state index in [1.54, 1.807) is 37.3 Å². The monoisotopic (exact) mass is 540 g/mol. The molecule has 204 valence electrons. The number of ether oxygens (including phenoxy) is 2. The molecule has 39 heavy (non-hydrogen) atoms. The van der Waals surface area contributed by atoms with Gasteiger partial charge in [-0.1, -0.05) is 30.3 Å². The van der Waals surface area contributed by atoms with Crippen LogP contribution in [0.4, 0.5) is 19.3 Å². The van der Waals surface area contributed by atoms with Crippen molar-refractivity contribution >= 4 is 29.4 Å². The third kappa shape index (κ3) is 8.07. The first kappa shape index (κ1) is 28.7. The minimum Gasteiger partial charge on any atom is -0.463 e. The van der Waals surface area contributed by atoms with Gasteiger partial charge in [0.15, 0.2) is 6.10 Å². The molecule has 5 N–H and O–H groups in total. The summed E-state index contributed by atoms with van der Waals surface area (Å²) in [6, 6.07) is 14.3. The standard InChI is InChI=1S/C27H26F2N4O6/c1-3-38-24(26(35)31-14-16-7-9-17(10-8-16)25(30)33-27(36)37)23-21(28)12-20(13-22(23)29)39-19-6-4-5-18(11-19)32-15(2)34/h4-13,24H,3,14H2,1-2H3,(H2,30,33)(H,31,35)(H,32,34)(H,36,37). The summed E-state index contributed by atoms with van der Waals surface area (Å²) in [4.78, 5) is 38.0. The molecule has 0 aromatic heterocycles. The highest BCUT2D eigenvalue weighted by Gasteiger charge is 2.28. The molecule has 0 aliphatic rings. The highest BCUT2D eigenvalue weighted by atomic mass is 19.1. The number of aliphatic imine (C=N–C) groups is 1. The molecule has 0 radical (unpaired) electrons. The number of carbonyl (C=O) groups is 3. The van der Waals surface area contributed by atoms with Gasteiger partial charge in [-0.05, 0) is 24.6 Å². The summed E-state index contributed by atoms with van der Waals surface area (Å²) in [7, 11) is 0. The summed E-state index contributed by atoms with van der Waals surface area (Å²) in [5.41, 5.74) is 6.44. The fourth-order valence-corrected chi connectivity index (χ4v) is 3.55. The highest BCUT2D eigenvalue weighted by Crippen LogP contribution is 2.31. The molecule has 0 spiro atoms. The molecular formula is C27H26F2N4O6. The molecule has 3 aromatic carbocycles. The van der Waals surface area contributed by atoms with Gasteiger partial charge in [-0.2, -0.15) is 4.99 Å². The molecule has 12 heteroatoms. The molecule has 0 saturated carbocycles. The first-order chi connectivity index (χ1) is 18.6. The number of rotatable bonds is 10. The van der Waals surface area contributed by atoms with E-state index in [1.807, 2.05) is 0 Å². The van der Waals surface area contributed by atoms with E-state index in [9.17, 15) is 14.4 Å². The summed E-state index contributed by atoms with van der Waals surface area (Å²) >= 11 is 0. The third-order valence-corrected chi connectivity index (χ3v) is 5.21. The summed E-state index contributed by atoms with van der Waals surface area (Å²) in [5, 5.41) is 13.8. The van der Waals surface area contributed by atoms with Crippen LogP contribution in [-0.4, -0.2) is 35.5 Å². The fourth-order valence-electron chi connectivity index (χ4n) is 3.55. The van der Waals surface area contributed by atoms with E-state index in [1.165, 1.54) is 25.1 Å². The Balaban J connectivity index is 1.74. The van der Waals surface area contributed by atoms with E-state index in [0.717, 1.165) is 12.1 Å². The van der Waals surface area contributed by atoms with Gasteiger partial charge in [0.2, 0.25) is 5.91 Å². The van der Waals surface area contributed by atoms with Crippen LogP contribution in [0.25, 0.3) is 0 Å². The highest BCUT2D eigenvalue weighted by molar-refractivity contribution is 6.02. The number of hydrogen-bond donors (Lipinski definition) is 4. The Bertz CT molecular complexity index is 1370. The SMILES string of the molecule is CCOC(C(=O)NCc1ccc(/C(N)=N\C(=O)O)cc1)c1c(F)cc(Oc2cccc(NC(C)=O)c2)cc1F. The van der Waals surface area contributed by atoms with Gasteiger partial charge in [0, 0.05) is 49.5 Å². The van der Waals surface area contributed by atoms with Crippen LogP contribution in [0, 0.1) is 11.6 Å². The van der Waals surface area contributed by atoms with Gasteiger partial charge in [-0.25, -0.2) is 13.6 Å². The average Bonchev–Trinajstić information content (AvgIpc) is 2.86. The van der Waals surface area contributed by atoms with Crippen molar-refractivity contribution in [1.29, 1.82) is 0 Å². The molecule has 0 aliphatic heterocycles. The van der Waals surface area contributed by atoms with Gasteiger partial charge in [0.25, 0.3) is 5.91 Å². The van der Waals surface area contributed by atoms with Crippen LogP contribution in [0.2, 0.25) is 0 Å². The molecule has 3 rings (SSSR count). The summed E-state index contributed by atoms with van der Waals surface area (Å²) < 4.78 is 41.1. The summed E-state index contributed by atoms with van der Waals surface area (Å²) in [6.07, 6.45) is -3.01. The smallest absolute Gasteiger partial charge is 0.433 e. The third-order valence-electron chi connectivity index (χ3n) is 5.21. The van der Waals surface area contributed by atoms with Gasteiger partial charge in [0.05, 0.1) is 5.56 Å². The maximum Gasteiger partial charge on any atom is 0.433 e. The van der Waals surface area contributed by atoms with Gasteiger partial charge in [-0.15, -0.1) is 0 Å². The minimum absolute atomic E-state index is 0.00203. The van der Waals surface area contributed by atoms with E-state index >= 15 is 8.78 Å². The van der Waals surface area contributed by atoms with Gasteiger partial charge >= 0.3 is 6.09 Å². The van der Waals surface area contributed by atoms with E-state index in [-0.39, 0.29) is 36.4 Å². The summed E-state index contributed by atoms with van der Waals surface area (Å²) in [6.45, 7) is 2.92. The second-order valence-corrected chi connectivity index (χ2v) is 8.14. The number of carbonyl (C=O) groups excluding carboxylic acids is 2. The number of anilines is 1. The Morgan fingerprint density at radius 3 is 2.28 bits per heavy atom. The van der Waals surface area contributed by atoms with E-state index in [2.05, 4.69) is 15.6 Å². The first-order valence-corrected chi connectivity index (χ1v) is 11.7. The van der Waals surface area contributed by atoms with Crippen molar-refractivity contribution in [2.45, 2.75) is 26.5 Å². The van der Waals surface area contributed by atoms with Crippen molar-refractivity contribution in [3.8, 4) is 11.5 Å². The van der Waals surface area contributed by atoms with Gasteiger partial charge in [0.1, 0.15) is 29.0 Å². The fraction of sp³-hybridized carbons (Fsp3) is 0.185. The predicted octanol–water partition coefficient (Wildman–Crippen LogP) is 4.49. The van der Waals surface area contributed by atoms with Crippen molar-refractivity contribution in [3.05, 3.63) is 89.0 Å². The normalized spacial score (nSPS) is 11.9. The quantitative estimate of drug-likeness (QED) is 0.218. The molecule has 0 bridgehead atoms. The number of nitrogens with one attached hydrogen (secondary N) is 2. The van der Waals surface area contributed by atoms with E-state index < -0.39 is 35.3 Å². The Morgan fingerprint density at radius 1 is 1.03 bits per heavy atom. The maximum atomic E-state index is 15.1. The van der Waals surface area contributed by atoms with Crippen LogP contribution < -0.4 is 21.1 Å². The maximum absolute atomic E-state index is 15.1. The van der Waals surface area contributed by atoms with Crippen LogP contribution in [0.3, 0.4) is 0 Å². The van der Waals surface area contributed by atoms with Crippen molar-refractivity contribution < 1.29 is 37.7 Å². The van der Waals surface area contributed by atoms with E-state index in [4.69, 9.17) is 20.3 Å². The zero-order valence-electron chi connectivity index (χ0n) is 21.0. The number of nitrogens with two attached hydrogens (primary N) is 1. The van der Waals surface area contributed by atoms with Crippen LogP contribution in [-0.2, 0) is 20.9 Å². The molecule has 1 atom stereocenters. The van der Waals surface area contributed by atoms with E-state index in [0.29, 0.717) is 16.8 Å². The van der Waals surface area contributed by atoms with Gasteiger partial charge in [-0.3, -0.25) is 9.59 Å². The number of amides is 3. The lowest BCUT2D eigenvalue weighted by molar-refractivity contribution is -0.133. The number of halogens is 2. The molecule has 3 aromatic rings. The predicted molar refractivity (Wildman–Crippen MR) is 139 cm³/mol. The molecule has 1 unspecified atom stereocenters. The largest absolute Gasteiger partial charge is 0.463 e. The zero-order chi connectivity index (χ0) is 28.5. The molecule has 0 heterocycles. The number of benzene rings is 3. The second kappa shape index (κ2) is 13.1. The molecule has 0 aliphatic carbocycles. The minimum atomic E-state index is -1.58. The van der Waals surface area contributed by atoms with Crippen LogP contribution in [0.15, 0.2) is 65.7 Å². The van der Waals surface area contributed by atoms with Crippen molar-refractivity contribution in [3.63, 3.8) is 0 Å². The lowest BCUT2D eigenvalue weighted by atomic mass is 10.1. The Hall–Kier alpha value is -4.84. The molecule has 3 amide bonds. The van der Waals surface area contributed by atoms with Crippen molar-refractivity contribution in [2.24, 2.45) is 10.7 Å². The Kier molecular flexibility index (Phi) is 9.65. The Labute approximate surface area is 222 Å². The average molecular weight is 541 g/mol. The molecule has 10 nitrogen and oxygen atoms in total. The van der Waals surface area contributed by atoms with Crippen LogP contribution >= 0.6 is 0 Å². The zero-order valence-corrected chi connectivity index (χ0v) is 21.0. The molecular weight excluding hydrogens is 514 g/mol. The lowest BCUT2D eigenvalue weighted by Crippen LogP contribution is -2.31. The van der Waals surface area contributed by atoms with Crippen LogP contribution in [0.1, 0.15) is 36.6 Å². The van der Waals surface area contributed by atoms with Gasteiger partial charge < -0.3 is 30.9 Å². The second-order valence-electron chi connectivity index (χ2n) is 8.14. The lowest BCUT2D eigenvalue weighted by Gasteiger charge is -2.19. The van der Waals surface area contributed by atoms with Crippen LogP contribution in [0.5, 0.6) is 11.5 Å². The first-order valence-electron chi connectivity index (χ1n) is 11.7. The molecule has 0 saturated heterocycles. The number of nitrogens with zero attached hydrogens (tertiary/aromatic N) is 1. The number of amidine groups is 1.